The Bertz CT molecular complexity index is 1570. The highest BCUT2D eigenvalue weighted by molar-refractivity contribution is 6.26. The maximum Gasteiger partial charge on any atom is 0.240 e. The molecule has 39 heavy (non-hydrogen) atoms. The van der Waals surface area contributed by atoms with Crippen molar-refractivity contribution in [3.8, 4) is 17.9 Å². The van der Waals surface area contributed by atoms with Crippen molar-refractivity contribution in [3.63, 3.8) is 0 Å². The van der Waals surface area contributed by atoms with Crippen LogP contribution in [0.2, 0.25) is 0 Å². The van der Waals surface area contributed by atoms with Gasteiger partial charge in [-0.25, -0.2) is 4.90 Å². The van der Waals surface area contributed by atoms with E-state index in [1.54, 1.807) is 43.5 Å². The van der Waals surface area contributed by atoms with Crippen molar-refractivity contribution in [2.75, 3.05) is 18.6 Å². The van der Waals surface area contributed by atoms with Crippen molar-refractivity contribution in [3.05, 3.63) is 71.8 Å². The van der Waals surface area contributed by atoms with E-state index >= 15 is 0 Å². The van der Waals surface area contributed by atoms with Gasteiger partial charge in [-0.05, 0) is 42.8 Å². The average molecular weight is 522 g/mol. The Kier molecular flexibility index (Phi) is 5.91. The molecule has 3 aliphatic heterocycles. The molecule has 2 bridgehead atoms. The highest BCUT2D eigenvalue weighted by Gasteiger charge is 2.78. The molecular formula is C31H27N3O5. The molecule has 196 valence electrons. The number of carbonyl (C=O) groups excluding carboxylic acids is 2. The molecule has 2 unspecified atom stereocenters. The zero-order valence-electron chi connectivity index (χ0n) is 21.7. The lowest BCUT2D eigenvalue weighted by Crippen LogP contribution is -2.51. The van der Waals surface area contributed by atoms with Crippen LogP contribution >= 0.6 is 0 Å². The molecule has 5 atom stereocenters. The van der Waals surface area contributed by atoms with Gasteiger partial charge in [0.1, 0.15) is 11.4 Å². The highest BCUT2D eigenvalue weighted by Crippen LogP contribution is 2.64. The molecule has 0 N–H and O–H groups in total. The number of carbonyl (C=O) groups is 2. The van der Waals surface area contributed by atoms with Crippen molar-refractivity contribution in [2.45, 2.75) is 43.5 Å². The van der Waals surface area contributed by atoms with Gasteiger partial charge in [-0.1, -0.05) is 31.2 Å². The normalized spacial score (nSPS) is 28.9. The summed E-state index contributed by atoms with van der Waals surface area (Å²) >= 11 is 0. The summed E-state index contributed by atoms with van der Waals surface area (Å²) in [7, 11) is 1.62. The minimum absolute atomic E-state index is 0.270. The van der Waals surface area contributed by atoms with E-state index in [4.69, 9.17) is 19.5 Å². The van der Waals surface area contributed by atoms with Crippen LogP contribution in [0.15, 0.2) is 60.7 Å². The van der Waals surface area contributed by atoms with Crippen molar-refractivity contribution in [1.29, 1.82) is 10.5 Å². The number of imide groups is 1. The van der Waals surface area contributed by atoms with Crippen LogP contribution < -0.4 is 9.64 Å². The molecule has 3 aromatic carbocycles. The van der Waals surface area contributed by atoms with E-state index in [1.165, 1.54) is 4.90 Å². The van der Waals surface area contributed by atoms with Gasteiger partial charge < -0.3 is 14.2 Å². The third-order valence-corrected chi connectivity index (χ3v) is 8.75. The van der Waals surface area contributed by atoms with E-state index in [0.29, 0.717) is 52.6 Å². The molecule has 0 aromatic heterocycles. The van der Waals surface area contributed by atoms with Gasteiger partial charge in [0.2, 0.25) is 11.8 Å². The molecule has 8 nitrogen and oxygen atoms in total. The molecule has 0 spiro atoms. The first-order valence-electron chi connectivity index (χ1n) is 13.1. The van der Waals surface area contributed by atoms with Crippen molar-refractivity contribution < 1.29 is 23.8 Å². The molecule has 0 saturated carbocycles. The summed E-state index contributed by atoms with van der Waals surface area (Å²) < 4.78 is 18.6. The average Bonchev–Trinajstić information content (AvgIpc) is 3.56. The lowest BCUT2D eigenvalue weighted by atomic mass is 9.64. The lowest BCUT2D eigenvalue weighted by molar-refractivity contribution is -0.138. The molecule has 8 heteroatoms. The highest BCUT2D eigenvalue weighted by atomic mass is 16.6. The molecule has 3 aliphatic rings. The number of amides is 2. The Morgan fingerprint density at radius 1 is 0.974 bits per heavy atom. The molecule has 2 amide bonds. The van der Waals surface area contributed by atoms with E-state index < -0.39 is 23.0 Å². The van der Waals surface area contributed by atoms with E-state index in [1.807, 2.05) is 31.2 Å². The number of fused-ring (bicyclic) bond motifs is 6. The second-order valence-electron chi connectivity index (χ2n) is 10.4. The number of hydrogen-bond donors (Lipinski definition) is 0. The smallest absolute Gasteiger partial charge is 0.240 e. The topological polar surface area (TPSA) is 113 Å². The van der Waals surface area contributed by atoms with Crippen LogP contribution in [0.5, 0.6) is 5.75 Å². The van der Waals surface area contributed by atoms with Crippen molar-refractivity contribution >= 4 is 28.3 Å². The first-order valence-corrected chi connectivity index (χ1v) is 13.1. The van der Waals surface area contributed by atoms with E-state index in [0.717, 1.165) is 0 Å². The first-order chi connectivity index (χ1) is 18.9. The fourth-order valence-corrected chi connectivity index (χ4v) is 7.01. The second kappa shape index (κ2) is 9.20. The minimum Gasteiger partial charge on any atom is -0.493 e. The molecule has 3 fully saturated rings. The lowest BCUT2D eigenvalue weighted by Gasteiger charge is -2.36. The maximum absolute atomic E-state index is 14.2. The third-order valence-electron chi connectivity index (χ3n) is 8.75. The first kappa shape index (κ1) is 25.1. The monoisotopic (exact) mass is 521 g/mol. The zero-order chi connectivity index (χ0) is 27.4. The van der Waals surface area contributed by atoms with Crippen LogP contribution in [-0.2, 0) is 19.1 Å². The number of benzene rings is 3. The molecule has 0 aliphatic carbocycles. The van der Waals surface area contributed by atoms with E-state index in [9.17, 15) is 14.9 Å². The van der Waals surface area contributed by atoms with Gasteiger partial charge in [-0.3, -0.25) is 9.59 Å². The molecule has 0 radical (unpaired) electrons. The Balaban J connectivity index is 1.37. The predicted molar refractivity (Wildman–Crippen MR) is 142 cm³/mol. The summed E-state index contributed by atoms with van der Waals surface area (Å²) in [6.45, 7) is 2.24. The van der Waals surface area contributed by atoms with Crippen LogP contribution in [0.25, 0.3) is 10.8 Å². The number of hydrogen-bond acceptors (Lipinski definition) is 7. The van der Waals surface area contributed by atoms with Crippen LogP contribution in [0.1, 0.15) is 37.3 Å². The Labute approximate surface area is 226 Å². The number of nitriles is 2. The van der Waals surface area contributed by atoms with E-state index in [-0.39, 0.29) is 24.5 Å². The van der Waals surface area contributed by atoms with Gasteiger partial charge in [0.15, 0.2) is 0 Å². The summed E-state index contributed by atoms with van der Waals surface area (Å²) in [5.41, 5.74) is -0.328. The van der Waals surface area contributed by atoms with Gasteiger partial charge in [0.05, 0.1) is 59.1 Å². The van der Waals surface area contributed by atoms with Gasteiger partial charge in [-0.15, -0.1) is 0 Å². The predicted octanol–water partition coefficient (Wildman–Crippen LogP) is 4.49. The second-order valence-corrected chi connectivity index (χ2v) is 10.4. The van der Waals surface area contributed by atoms with Crippen LogP contribution in [-0.4, -0.2) is 42.8 Å². The van der Waals surface area contributed by atoms with Crippen molar-refractivity contribution in [1.82, 2.24) is 0 Å². The summed E-state index contributed by atoms with van der Waals surface area (Å²) in [4.78, 5) is 29.7. The Hall–Kier alpha value is -4.24. The third kappa shape index (κ3) is 3.49. The minimum atomic E-state index is -0.919. The SMILES string of the molecule is CCC12OC(CCOc3ccc(C#N)cc3)(C[C@@H]1OC)[C@H]1C(=O)N(c3ccc(C#N)c4ccccc34)C(=O)[C@H]12. The quantitative estimate of drug-likeness (QED) is 0.421. The molecule has 6 rings (SSSR count). The largest absolute Gasteiger partial charge is 0.493 e. The number of methoxy groups -OCH3 is 1. The number of ether oxygens (including phenoxy) is 3. The van der Waals surface area contributed by atoms with Crippen LogP contribution in [0, 0.1) is 34.5 Å². The van der Waals surface area contributed by atoms with Gasteiger partial charge in [-0.2, -0.15) is 10.5 Å². The summed E-state index contributed by atoms with van der Waals surface area (Å²) in [5, 5.41) is 20.0. The summed E-state index contributed by atoms with van der Waals surface area (Å²) in [6.07, 6.45) is 1.06. The Morgan fingerprint density at radius 3 is 2.36 bits per heavy atom. The zero-order valence-corrected chi connectivity index (χ0v) is 21.7. The molecular weight excluding hydrogens is 494 g/mol. The van der Waals surface area contributed by atoms with Gasteiger partial charge in [0.25, 0.3) is 0 Å². The molecule has 3 aromatic rings. The van der Waals surface area contributed by atoms with Crippen molar-refractivity contribution in [2.24, 2.45) is 11.8 Å². The Morgan fingerprint density at radius 2 is 1.69 bits per heavy atom. The maximum atomic E-state index is 14.2. The fourth-order valence-electron chi connectivity index (χ4n) is 7.01. The number of rotatable bonds is 7. The van der Waals surface area contributed by atoms with E-state index in [2.05, 4.69) is 12.1 Å². The fraction of sp³-hybridized carbons (Fsp3) is 0.355. The van der Waals surface area contributed by atoms with Gasteiger partial charge >= 0.3 is 0 Å². The summed E-state index contributed by atoms with van der Waals surface area (Å²) in [5.74, 6) is -1.32. The number of nitrogens with zero attached hydrogens (tertiary/aromatic N) is 3. The summed E-state index contributed by atoms with van der Waals surface area (Å²) in [6, 6.07) is 21.8. The number of anilines is 1. The standard InChI is InChI=1S/C31H27N3O5/c1-3-31-25(37-2)16-30(39-31,14-15-38-21-11-8-19(17-32)9-12-21)26-27(31)29(36)34(28(26)35)24-13-10-20(18-33)22-6-4-5-7-23(22)24/h4-13,25-27H,3,14-16H2,1-2H3/t25-,26+,27-,30?,31?/m0/s1. The van der Waals surface area contributed by atoms with Crippen LogP contribution in [0.4, 0.5) is 5.69 Å². The molecule has 3 saturated heterocycles. The van der Waals surface area contributed by atoms with Crippen LogP contribution in [0.3, 0.4) is 0 Å². The molecule has 3 heterocycles. The van der Waals surface area contributed by atoms with Gasteiger partial charge in [0, 0.05) is 30.7 Å².